The molecule has 1 saturated carbocycles. The Morgan fingerprint density at radius 1 is 1.21 bits per heavy atom. The molecule has 2 atom stereocenters. The number of aryl methyl sites for hydroxylation is 1. The molecule has 1 aromatic heterocycles. The molecular formula is C20H31N5O3. The van der Waals surface area contributed by atoms with E-state index in [-0.39, 0.29) is 29.4 Å². The number of morpholine rings is 1. The molecular weight excluding hydrogens is 358 g/mol. The van der Waals surface area contributed by atoms with Crippen LogP contribution in [0.3, 0.4) is 0 Å². The Morgan fingerprint density at radius 3 is 2.57 bits per heavy atom. The molecule has 28 heavy (non-hydrogen) atoms. The van der Waals surface area contributed by atoms with Gasteiger partial charge in [0.15, 0.2) is 0 Å². The van der Waals surface area contributed by atoms with Gasteiger partial charge in [-0.1, -0.05) is 0 Å². The van der Waals surface area contributed by atoms with Gasteiger partial charge in [-0.2, -0.15) is 0 Å². The van der Waals surface area contributed by atoms with Gasteiger partial charge in [0.05, 0.1) is 30.6 Å². The fourth-order valence-corrected chi connectivity index (χ4v) is 4.85. The largest absolute Gasteiger partial charge is 0.373 e. The van der Waals surface area contributed by atoms with E-state index in [4.69, 9.17) is 4.74 Å². The predicted molar refractivity (Wildman–Crippen MR) is 103 cm³/mol. The molecule has 4 rings (SSSR count). The normalized spacial score (nSPS) is 25.5. The van der Waals surface area contributed by atoms with Gasteiger partial charge in [0.1, 0.15) is 11.6 Å². The predicted octanol–water partition coefficient (Wildman–Crippen LogP) is 1.17. The molecule has 2 amide bonds. The van der Waals surface area contributed by atoms with Crippen molar-refractivity contribution in [2.45, 2.75) is 71.1 Å². The molecule has 8 nitrogen and oxygen atoms in total. The minimum absolute atomic E-state index is 0.0843. The van der Waals surface area contributed by atoms with Gasteiger partial charge in [0, 0.05) is 32.6 Å². The lowest BCUT2D eigenvalue weighted by Crippen LogP contribution is -2.66. The summed E-state index contributed by atoms with van der Waals surface area (Å²) in [5.41, 5.74) is -0.163. The number of hydrogen-bond donors (Lipinski definition) is 0. The number of nitrogens with zero attached hydrogens (tertiary/aromatic N) is 5. The van der Waals surface area contributed by atoms with Gasteiger partial charge in [0.2, 0.25) is 11.8 Å². The summed E-state index contributed by atoms with van der Waals surface area (Å²) in [5.74, 6) is 1.98. The van der Waals surface area contributed by atoms with Crippen molar-refractivity contribution in [3.05, 3.63) is 11.6 Å². The Morgan fingerprint density at radius 2 is 1.96 bits per heavy atom. The highest BCUT2D eigenvalue weighted by molar-refractivity contribution is 5.81. The molecule has 0 bridgehead atoms. The topological polar surface area (TPSA) is 80.6 Å². The lowest BCUT2D eigenvalue weighted by Gasteiger charge is -2.55. The fourth-order valence-electron chi connectivity index (χ4n) is 4.85. The van der Waals surface area contributed by atoms with E-state index in [0.29, 0.717) is 45.6 Å². The van der Waals surface area contributed by atoms with Crippen molar-refractivity contribution in [2.24, 2.45) is 5.92 Å². The van der Waals surface area contributed by atoms with Gasteiger partial charge in [-0.15, -0.1) is 10.2 Å². The van der Waals surface area contributed by atoms with Crippen LogP contribution in [0.4, 0.5) is 0 Å². The zero-order valence-corrected chi connectivity index (χ0v) is 17.2. The number of amides is 2. The van der Waals surface area contributed by atoms with Crippen LogP contribution >= 0.6 is 0 Å². The number of carbonyl (C=O) groups is 2. The van der Waals surface area contributed by atoms with Crippen molar-refractivity contribution in [2.75, 3.05) is 26.2 Å². The molecule has 1 saturated heterocycles. The molecule has 0 N–H and O–H groups in total. The van der Waals surface area contributed by atoms with Gasteiger partial charge in [-0.3, -0.25) is 9.59 Å². The second kappa shape index (κ2) is 7.46. The summed E-state index contributed by atoms with van der Waals surface area (Å²) in [5, 5.41) is 8.31. The maximum atomic E-state index is 13.5. The van der Waals surface area contributed by atoms with E-state index in [9.17, 15) is 9.59 Å². The number of aromatic nitrogens is 3. The molecule has 2 aliphatic heterocycles. The highest BCUT2D eigenvalue weighted by Crippen LogP contribution is 2.42. The molecule has 0 radical (unpaired) electrons. The SMILES string of the molecule is CCN(CC)C(=O)CC1CN(C(=O)C2Cc3nnc(C)n3C2)C2(CCC2)CO1. The minimum Gasteiger partial charge on any atom is -0.373 e. The van der Waals surface area contributed by atoms with Crippen LogP contribution in [-0.2, 0) is 27.3 Å². The summed E-state index contributed by atoms with van der Waals surface area (Å²) in [6.45, 7) is 9.04. The zero-order valence-electron chi connectivity index (χ0n) is 17.2. The minimum atomic E-state index is -0.217. The Labute approximate surface area is 166 Å². The summed E-state index contributed by atoms with van der Waals surface area (Å²) in [7, 11) is 0. The van der Waals surface area contributed by atoms with Crippen molar-refractivity contribution in [1.82, 2.24) is 24.6 Å². The maximum absolute atomic E-state index is 13.5. The average Bonchev–Trinajstić information content (AvgIpc) is 3.23. The first-order valence-electron chi connectivity index (χ1n) is 10.6. The number of hydrogen-bond acceptors (Lipinski definition) is 5. The average molecular weight is 390 g/mol. The molecule has 8 heteroatoms. The molecule has 2 unspecified atom stereocenters. The molecule has 1 aromatic rings. The monoisotopic (exact) mass is 389 g/mol. The van der Waals surface area contributed by atoms with E-state index in [1.165, 1.54) is 0 Å². The standard InChI is InChI=1S/C20H31N5O3/c1-4-23(5-2)18(26)10-16-12-25(20(13-28-16)7-6-8-20)19(27)15-9-17-22-21-14(3)24(17)11-15/h15-16H,4-13H2,1-3H3. The zero-order chi connectivity index (χ0) is 19.9. The Bertz CT molecular complexity index is 753. The Hall–Kier alpha value is -1.96. The van der Waals surface area contributed by atoms with Gasteiger partial charge in [-0.25, -0.2) is 0 Å². The van der Waals surface area contributed by atoms with Crippen LogP contribution in [0, 0.1) is 12.8 Å². The summed E-state index contributed by atoms with van der Waals surface area (Å²) < 4.78 is 8.14. The van der Waals surface area contributed by atoms with Crippen molar-refractivity contribution in [3.8, 4) is 0 Å². The van der Waals surface area contributed by atoms with E-state index in [0.717, 1.165) is 30.9 Å². The van der Waals surface area contributed by atoms with Crippen molar-refractivity contribution in [3.63, 3.8) is 0 Å². The van der Waals surface area contributed by atoms with E-state index in [1.54, 1.807) is 0 Å². The molecule has 0 aromatic carbocycles. The van der Waals surface area contributed by atoms with Crippen LogP contribution < -0.4 is 0 Å². The first kappa shape index (κ1) is 19.4. The molecule has 1 spiro atoms. The highest BCUT2D eigenvalue weighted by atomic mass is 16.5. The van der Waals surface area contributed by atoms with Crippen LogP contribution in [-0.4, -0.2) is 74.3 Å². The van der Waals surface area contributed by atoms with Crippen molar-refractivity contribution < 1.29 is 14.3 Å². The van der Waals surface area contributed by atoms with Crippen LogP contribution in [0.25, 0.3) is 0 Å². The van der Waals surface area contributed by atoms with Gasteiger partial charge in [-0.05, 0) is 40.0 Å². The maximum Gasteiger partial charge on any atom is 0.228 e. The summed E-state index contributed by atoms with van der Waals surface area (Å²) >= 11 is 0. The van der Waals surface area contributed by atoms with Gasteiger partial charge >= 0.3 is 0 Å². The third-order valence-electron chi connectivity index (χ3n) is 6.81. The van der Waals surface area contributed by atoms with Crippen LogP contribution in [0.5, 0.6) is 0 Å². The second-order valence-electron chi connectivity index (χ2n) is 8.40. The Kier molecular flexibility index (Phi) is 5.16. The number of rotatable bonds is 5. The smallest absolute Gasteiger partial charge is 0.228 e. The number of fused-ring (bicyclic) bond motifs is 1. The third-order valence-corrected chi connectivity index (χ3v) is 6.81. The first-order chi connectivity index (χ1) is 13.5. The quantitative estimate of drug-likeness (QED) is 0.755. The van der Waals surface area contributed by atoms with Crippen molar-refractivity contribution in [1.29, 1.82) is 0 Å². The van der Waals surface area contributed by atoms with E-state index in [2.05, 4.69) is 19.7 Å². The summed E-state index contributed by atoms with van der Waals surface area (Å²) in [6.07, 6.45) is 3.89. The van der Waals surface area contributed by atoms with Gasteiger partial charge < -0.3 is 19.1 Å². The lowest BCUT2D eigenvalue weighted by atomic mass is 9.74. The van der Waals surface area contributed by atoms with Crippen LogP contribution in [0.2, 0.25) is 0 Å². The lowest BCUT2D eigenvalue weighted by molar-refractivity contribution is -0.177. The number of ether oxygens (including phenoxy) is 1. The van der Waals surface area contributed by atoms with Gasteiger partial charge in [0.25, 0.3) is 0 Å². The highest BCUT2D eigenvalue weighted by Gasteiger charge is 2.51. The second-order valence-corrected chi connectivity index (χ2v) is 8.40. The van der Waals surface area contributed by atoms with Crippen LogP contribution in [0.15, 0.2) is 0 Å². The van der Waals surface area contributed by atoms with E-state index in [1.807, 2.05) is 25.7 Å². The molecule has 154 valence electrons. The molecule has 1 aliphatic carbocycles. The third kappa shape index (κ3) is 3.21. The van der Waals surface area contributed by atoms with E-state index >= 15 is 0 Å². The molecule has 2 fully saturated rings. The van der Waals surface area contributed by atoms with Crippen molar-refractivity contribution >= 4 is 11.8 Å². The number of carbonyl (C=O) groups excluding carboxylic acids is 2. The molecule has 3 heterocycles. The first-order valence-corrected chi connectivity index (χ1v) is 10.6. The van der Waals surface area contributed by atoms with Crippen LogP contribution in [0.1, 0.15) is 51.2 Å². The Balaban J connectivity index is 1.45. The summed E-state index contributed by atoms with van der Waals surface area (Å²) in [4.78, 5) is 29.9. The molecule has 3 aliphatic rings. The van der Waals surface area contributed by atoms with E-state index < -0.39 is 0 Å². The fraction of sp³-hybridized carbons (Fsp3) is 0.800. The summed E-state index contributed by atoms with van der Waals surface area (Å²) in [6, 6.07) is 0.